The van der Waals surface area contributed by atoms with Gasteiger partial charge in [0.1, 0.15) is 0 Å². The van der Waals surface area contributed by atoms with Crippen LogP contribution >= 0.6 is 27.3 Å². The molecule has 1 aliphatic rings. The third-order valence-corrected chi connectivity index (χ3v) is 7.29. The van der Waals surface area contributed by atoms with Crippen LogP contribution in [-0.4, -0.2) is 6.54 Å². The first-order valence-electron chi connectivity index (χ1n) is 6.72. The van der Waals surface area contributed by atoms with E-state index >= 15 is 0 Å². The molecule has 3 heteroatoms. The molecule has 0 bridgehead atoms. The second-order valence-corrected chi connectivity index (χ2v) is 8.96. The zero-order valence-corrected chi connectivity index (χ0v) is 14.6. The molecule has 18 heavy (non-hydrogen) atoms. The second kappa shape index (κ2) is 4.60. The van der Waals surface area contributed by atoms with Gasteiger partial charge in [-0.05, 0) is 57.8 Å². The van der Waals surface area contributed by atoms with Crippen LogP contribution in [0.5, 0.6) is 0 Å². The van der Waals surface area contributed by atoms with Crippen LogP contribution in [0.2, 0.25) is 0 Å². The van der Waals surface area contributed by atoms with E-state index in [4.69, 9.17) is 0 Å². The molecule has 1 unspecified atom stereocenters. The summed E-state index contributed by atoms with van der Waals surface area (Å²) in [5.74, 6) is 0.717. The number of thiophene rings is 1. The van der Waals surface area contributed by atoms with Gasteiger partial charge in [-0.15, -0.1) is 11.3 Å². The van der Waals surface area contributed by atoms with Gasteiger partial charge in [-0.2, -0.15) is 0 Å². The molecule has 1 saturated carbocycles. The van der Waals surface area contributed by atoms with Crippen molar-refractivity contribution < 1.29 is 0 Å². The Labute approximate surface area is 123 Å². The number of halogens is 1. The van der Waals surface area contributed by atoms with E-state index in [1.807, 2.05) is 11.3 Å². The minimum Gasteiger partial charge on any atom is -0.309 e. The van der Waals surface area contributed by atoms with Crippen molar-refractivity contribution in [1.29, 1.82) is 0 Å². The molecule has 1 aromatic heterocycles. The molecule has 1 heterocycles. The Kier molecular flexibility index (Phi) is 3.72. The van der Waals surface area contributed by atoms with E-state index in [1.54, 1.807) is 0 Å². The fourth-order valence-corrected chi connectivity index (χ4v) is 5.00. The summed E-state index contributed by atoms with van der Waals surface area (Å²) < 4.78 is 1.27. The van der Waals surface area contributed by atoms with Crippen molar-refractivity contribution in [3.63, 3.8) is 0 Å². The summed E-state index contributed by atoms with van der Waals surface area (Å²) in [4.78, 5) is 1.48. The van der Waals surface area contributed by atoms with E-state index in [9.17, 15) is 0 Å². The molecule has 0 saturated heterocycles. The molecule has 0 amide bonds. The van der Waals surface area contributed by atoms with Crippen molar-refractivity contribution in [2.45, 2.75) is 47.6 Å². The van der Waals surface area contributed by atoms with Gasteiger partial charge in [0.25, 0.3) is 0 Å². The van der Waals surface area contributed by atoms with Crippen LogP contribution in [0.1, 0.15) is 51.1 Å². The van der Waals surface area contributed by atoms with E-state index in [2.05, 4.69) is 68.9 Å². The van der Waals surface area contributed by atoms with Crippen molar-refractivity contribution in [1.82, 2.24) is 5.32 Å². The third-order valence-electron chi connectivity index (χ3n) is 5.07. The third kappa shape index (κ3) is 2.08. The van der Waals surface area contributed by atoms with Crippen LogP contribution in [0.15, 0.2) is 9.85 Å². The van der Waals surface area contributed by atoms with Gasteiger partial charge in [-0.1, -0.05) is 34.6 Å². The smallest absolute Gasteiger partial charge is 0.0731 e. The second-order valence-electron chi connectivity index (χ2n) is 6.56. The first-order valence-corrected chi connectivity index (χ1v) is 8.33. The lowest BCUT2D eigenvalue weighted by molar-refractivity contribution is 0.424. The van der Waals surface area contributed by atoms with Gasteiger partial charge in [-0.3, -0.25) is 0 Å². The Bertz CT molecular complexity index is 414. The highest BCUT2D eigenvalue weighted by atomic mass is 79.9. The number of hydrogen-bond acceptors (Lipinski definition) is 2. The fourth-order valence-electron chi connectivity index (χ4n) is 3.32. The molecule has 0 aliphatic heterocycles. The molecule has 2 rings (SSSR count). The molecular formula is C15H24BrNS. The van der Waals surface area contributed by atoms with Crippen LogP contribution in [0.4, 0.5) is 0 Å². The molecular weight excluding hydrogens is 306 g/mol. The Morgan fingerprint density at radius 3 is 2.22 bits per heavy atom. The molecule has 1 aromatic rings. The summed E-state index contributed by atoms with van der Waals surface area (Å²) >= 11 is 5.54. The fraction of sp³-hybridized carbons (Fsp3) is 0.733. The lowest BCUT2D eigenvalue weighted by atomic mass is 10.0. The summed E-state index contributed by atoms with van der Waals surface area (Å²) in [6, 6.07) is 2.84. The van der Waals surface area contributed by atoms with Crippen molar-refractivity contribution in [2.24, 2.45) is 16.7 Å². The topological polar surface area (TPSA) is 12.0 Å². The number of rotatable bonds is 4. The van der Waals surface area contributed by atoms with Crippen LogP contribution < -0.4 is 5.32 Å². The molecule has 0 radical (unpaired) electrons. The predicted octanol–water partition coefficient (Wildman–Crippen LogP) is 5.15. The lowest BCUT2D eigenvalue weighted by Crippen LogP contribution is -2.24. The summed E-state index contributed by atoms with van der Waals surface area (Å²) in [5, 5.41) is 3.70. The Hall–Kier alpha value is 0.140. The maximum atomic E-state index is 3.70. The highest BCUT2D eigenvalue weighted by Gasteiger charge is 2.67. The summed E-state index contributed by atoms with van der Waals surface area (Å²) in [7, 11) is 0. The standard InChI is InChI=1S/C15H24BrNS/c1-7-17-11(10-8-9(2)13(16)18-10)12-14(3,4)15(12,5)6/h8,11-12,17H,7H2,1-6H3. The van der Waals surface area contributed by atoms with Gasteiger partial charge in [0.2, 0.25) is 0 Å². The molecule has 1 fully saturated rings. The summed E-state index contributed by atoms with van der Waals surface area (Å²) in [6.45, 7) is 15.0. The quantitative estimate of drug-likeness (QED) is 0.805. The molecule has 1 nitrogen and oxygen atoms in total. The van der Waals surface area contributed by atoms with Crippen molar-refractivity contribution in [3.8, 4) is 0 Å². The summed E-state index contributed by atoms with van der Waals surface area (Å²) in [6.07, 6.45) is 0. The number of aryl methyl sites for hydroxylation is 1. The zero-order valence-electron chi connectivity index (χ0n) is 12.2. The number of hydrogen-bond donors (Lipinski definition) is 1. The van der Waals surface area contributed by atoms with Crippen LogP contribution in [0, 0.1) is 23.7 Å². The van der Waals surface area contributed by atoms with E-state index in [0.717, 1.165) is 12.5 Å². The van der Waals surface area contributed by atoms with Gasteiger partial charge < -0.3 is 5.32 Å². The SMILES string of the molecule is CCNC(c1cc(C)c(Br)s1)C1C(C)(C)C1(C)C. The Morgan fingerprint density at radius 2 is 1.89 bits per heavy atom. The first kappa shape index (κ1) is 14.5. The maximum absolute atomic E-state index is 3.70. The maximum Gasteiger partial charge on any atom is 0.0731 e. The lowest BCUT2D eigenvalue weighted by Gasteiger charge is -2.18. The molecule has 0 aromatic carbocycles. The Balaban J connectivity index is 2.31. The first-order chi connectivity index (χ1) is 8.23. The Morgan fingerprint density at radius 1 is 1.33 bits per heavy atom. The van der Waals surface area contributed by atoms with Crippen molar-refractivity contribution >= 4 is 27.3 Å². The summed E-state index contributed by atoms with van der Waals surface area (Å²) in [5.41, 5.74) is 2.20. The van der Waals surface area contributed by atoms with Crippen molar-refractivity contribution in [3.05, 3.63) is 20.3 Å². The predicted molar refractivity (Wildman–Crippen MR) is 84.2 cm³/mol. The van der Waals surface area contributed by atoms with Gasteiger partial charge >= 0.3 is 0 Å². The highest BCUT2D eigenvalue weighted by molar-refractivity contribution is 9.11. The van der Waals surface area contributed by atoms with Gasteiger partial charge in [0.05, 0.1) is 3.79 Å². The zero-order chi connectivity index (χ0) is 13.7. The van der Waals surface area contributed by atoms with Crippen LogP contribution in [-0.2, 0) is 0 Å². The monoisotopic (exact) mass is 329 g/mol. The molecule has 1 atom stereocenters. The highest BCUT2D eigenvalue weighted by Crippen LogP contribution is 2.72. The van der Waals surface area contributed by atoms with E-state index < -0.39 is 0 Å². The minimum absolute atomic E-state index is 0.421. The van der Waals surface area contributed by atoms with E-state index in [1.165, 1.54) is 14.2 Å². The molecule has 102 valence electrons. The van der Waals surface area contributed by atoms with Crippen LogP contribution in [0.3, 0.4) is 0 Å². The normalized spacial score (nSPS) is 23.1. The largest absolute Gasteiger partial charge is 0.309 e. The van der Waals surface area contributed by atoms with E-state index in [-0.39, 0.29) is 0 Å². The van der Waals surface area contributed by atoms with Gasteiger partial charge in [0.15, 0.2) is 0 Å². The van der Waals surface area contributed by atoms with E-state index in [0.29, 0.717) is 16.9 Å². The molecule has 1 N–H and O–H groups in total. The minimum atomic E-state index is 0.421. The molecule has 1 aliphatic carbocycles. The van der Waals surface area contributed by atoms with Crippen molar-refractivity contribution in [2.75, 3.05) is 6.54 Å². The van der Waals surface area contributed by atoms with Gasteiger partial charge in [-0.25, -0.2) is 0 Å². The average molecular weight is 330 g/mol. The van der Waals surface area contributed by atoms with Gasteiger partial charge in [0, 0.05) is 10.9 Å². The molecule has 0 spiro atoms. The average Bonchev–Trinajstić information content (AvgIpc) is 2.54. The van der Waals surface area contributed by atoms with Crippen LogP contribution in [0.25, 0.3) is 0 Å². The number of nitrogens with one attached hydrogen (secondary N) is 1.